The highest BCUT2D eigenvalue weighted by Crippen LogP contribution is 2.27. The first-order valence-electron chi connectivity index (χ1n) is 7.67. The van der Waals surface area contributed by atoms with Gasteiger partial charge in [-0.15, -0.1) is 5.10 Å². The molecule has 22 heavy (non-hydrogen) atoms. The minimum Gasteiger partial charge on any atom is -0.391 e. The van der Waals surface area contributed by atoms with Crippen molar-refractivity contribution >= 4 is 5.91 Å². The number of nitrogens with zero attached hydrogens (tertiary/aromatic N) is 3. The molecule has 1 aromatic heterocycles. The van der Waals surface area contributed by atoms with E-state index in [1.165, 1.54) is 19.2 Å². The largest absolute Gasteiger partial charge is 0.391 e. The van der Waals surface area contributed by atoms with Crippen LogP contribution in [0.2, 0.25) is 0 Å². The number of hydrogen-bond donors (Lipinski definition) is 2. The summed E-state index contributed by atoms with van der Waals surface area (Å²) < 4.78 is 1.56. The van der Waals surface area contributed by atoms with E-state index in [9.17, 15) is 9.90 Å². The molecular weight excluding hydrogens is 280 g/mol. The maximum Gasteiger partial charge on any atom is 0.291 e. The standard InChI is InChI=1S/C16H20N4O2/c21-14(12-6-4-5-7-12)10-17-16(22)15-18-11-20(19-15)13-8-2-1-3-9-13/h1-3,8-9,11-12,14,21H,4-7,10H2,(H,17,22). The molecule has 0 spiro atoms. The van der Waals surface area contributed by atoms with Crippen LogP contribution in [-0.2, 0) is 0 Å². The van der Waals surface area contributed by atoms with Crippen LogP contribution in [0.1, 0.15) is 36.3 Å². The predicted octanol–water partition coefficient (Wildman–Crippen LogP) is 1.55. The van der Waals surface area contributed by atoms with Crippen molar-refractivity contribution in [3.63, 3.8) is 0 Å². The lowest BCUT2D eigenvalue weighted by Crippen LogP contribution is -2.36. The van der Waals surface area contributed by atoms with Crippen LogP contribution in [0.3, 0.4) is 0 Å². The topological polar surface area (TPSA) is 80.0 Å². The van der Waals surface area contributed by atoms with Crippen molar-refractivity contribution in [1.82, 2.24) is 20.1 Å². The summed E-state index contributed by atoms with van der Waals surface area (Å²) in [6.45, 7) is 0.253. The third-order valence-electron chi connectivity index (χ3n) is 4.13. The van der Waals surface area contributed by atoms with Crippen molar-refractivity contribution in [3.05, 3.63) is 42.5 Å². The summed E-state index contributed by atoms with van der Waals surface area (Å²) in [6.07, 6.45) is 5.44. The first kappa shape index (κ1) is 14.7. The van der Waals surface area contributed by atoms with Crippen LogP contribution < -0.4 is 5.32 Å². The highest BCUT2D eigenvalue weighted by Gasteiger charge is 2.24. The summed E-state index contributed by atoms with van der Waals surface area (Å²) in [5.41, 5.74) is 0.847. The van der Waals surface area contributed by atoms with Crippen LogP contribution in [0.5, 0.6) is 0 Å². The normalized spacial score (nSPS) is 16.6. The monoisotopic (exact) mass is 300 g/mol. The SMILES string of the molecule is O=C(NCC(O)C1CCCC1)c1ncn(-c2ccccc2)n1. The van der Waals surface area contributed by atoms with Crippen molar-refractivity contribution in [2.75, 3.05) is 6.54 Å². The Balaban J connectivity index is 1.57. The summed E-state index contributed by atoms with van der Waals surface area (Å²) in [4.78, 5) is 16.1. The van der Waals surface area contributed by atoms with Crippen LogP contribution in [0.25, 0.3) is 5.69 Å². The Bertz CT molecular complexity index is 620. The van der Waals surface area contributed by atoms with Crippen molar-refractivity contribution in [1.29, 1.82) is 0 Å². The molecule has 0 aliphatic heterocycles. The maximum atomic E-state index is 12.0. The zero-order valence-corrected chi connectivity index (χ0v) is 12.4. The highest BCUT2D eigenvalue weighted by atomic mass is 16.3. The zero-order chi connectivity index (χ0) is 15.4. The van der Waals surface area contributed by atoms with Crippen LogP contribution in [0.15, 0.2) is 36.7 Å². The lowest BCUT2D eigenvalue weighted by molar-refractivity contribution is 0.0832. The number of aromatic nitrogens is 3. The Kier molecular flexibility index (Phi) is 4.48. The van der Waals surface area contributed by atoms with Gasteiger partial charge in [-0.3, -0.25) is 4.79 Å². The van der Waals surface area contributed by atoms with E-state index in [1.54, 1.807) is 4.68 Å². The summed E-state index contributed by atoms with van der Waals surface area (Å²) in [5.74, 6) is 0.0596. The number of hydrogen-bond acceptors (Lipinski definition) is 4. The maximum absolute atomic E-state index is 12.0. The molecule has 1 heterocycles. The van der Waals surface area contributed by atoms with Crippen molar-refractivity contribution in [3.8, 4) is 5.69 Å². The molecule has 1 unspecified atom stereocenters. The minimum absolute atomic E-state index is 0.113. The van der Waals surface area contributed by atoms with E-state index in [0.29, 0.717) is 5.92 Å². The molecule has 1 aromatic carbocycles. The zero-order valence-electron chi connectivity index (χ0n) is 12.4. The Hall–Kier alpha value is -2.21. The smallest absolute Gasteiger partial charge is 0.291 e. The number of aliphatic hydroxyl groups excluding tert-OH is 1. The summed E-state index contributed by atoms with van der Waals surface area (Å²) >= 11 is 0. The van der Waals surface area contributed by atoms with Crippen LogP contribution in [0, 0.1) is 5.92 Å². The number of rotatable bonds is 5. The second kappa shape index (κ2) is 6.70. The molecule has 3 rings (SSSR count). The second-order valence-electron chi connectivity index (χ2n) is 5.67. The minimum atomic E-state index is -0.484. The Morgan fingerprint density at radius 2 is 2.05 bits per heavy atom. The highest BCUT2D eigenvalue weighted by molar-refractivity contribution is 5.90. The van der Waals surface area contributed by atoms with Gasteiger partial charge in [0.05, 0.1) is 11.8 Å². The molecule has 1 fully saturated rings. The number of carbonyl (C=O) groups is 1. The fourth-order valence-electron chi connectivity index (χ4n) is 2.86. The van der Waals surface area contributed by atoms with Crippen LogP contribution in [-0.4, -0.2) is 38.4 Å². The molecule has 1 aliphatic rings. The van der Waals surface area contributed by atoms with Gasteiger partial charge in [0, 0.05) is 6.54 Å². The molecular formula is C16H20N4O2. The first-order valence-corrected chi connectivity index (χ1v) is 7.67. The van der Waals surface area contributed by atoms with Gasteiger partial charge in [-0.25, -0.2) is 9.67 Å². The van der Waals surface area contributed by atoms with Crippen molar-refractivity contribution in [2.24, 2.45) is 5.92 Å². The number of aliphatic hydroxyl groups is 1. The molecule has 1 atom stereocenters. The summed E-state index contributed by atoms with van der Waals surface area (Å²) in [6, 6.07) is 9.49. The van der Waals surface area contributed by atoms with Crippen LogP contribution in [0.4, 0.5) is 0 Å². The van der Waals surface area contributed by atoms with Gasteiger partial charge in [0.2, 0.25) is 5.82 Å². The number of amides is 1. The molecule has 0 bridgehead atoms. The molecule has 2 aromatic rings. The predicted molar refractivity (Wildman–Crippen MR) is 81.7 cm³/mol. The Morgan fingerprint density at radius 1 is 1.32 bits per heavy atom. The quantitative estimate of drug-likeness (QED) is 0.878. The third-order valence-corrected chi connectivity index (χ3v) is 4.13. The number of nitrogens with one attached hydrogen (secondary N) is 1. The molecule has 0 saturated heterocycles. The molecule has 0 radical (unpaired) electrons. The average molecular weight is 300 g/mol. The van der Waals surface area contributed by atoms with Gasteiger partial charge in [0.15, 0.2) is 0 Å². The van der Waals surface area contributed by atoms with Gasteiger partial charge >= 0.3 is 0 Å². The molecule has 2 N–H and O–H groups in total. The first-order chi connectivity index (χ1) is 10.7. The van der Waals surface area contributed by atoms with Crippen molar-refractivity contribution in [2.45, 2.75) is 31.8 Å². The van der Waals surface area contributed by atoms with Gasteiger partial charge in [-0.05, 0) is 30.9 Å². The lowest BCUT2D eigenvalue weighted by Gasteiger charge is -2.17. The molecule has 6 nitrogen and oxygen atoms in total. The van der Waals surface area contributed by atoms with E-state index in [0.717, 1.165) is 18.5 Å². The van der Waals surface area contributed by atoms with Gasteiger partial charge in [0.1, 0.15) is 6.33 Å². The molecule has 1 aliphatic carbocycles. The Labute approximate surface area is 129 Å². The molecule has 1 amide bonds. The van der Waals surface area contributed by atoms with E-state index >= 15 is 0 Å². The summed E-state index contributed by atoms with van der Waals surface area (Å²) in [5, 5.41) is 16.9. The van der Waals surface area contributed by atoms with E-state index in [1.807, 2.05) is 30.3 Å². The summed E-state index contributed by atoms with van der Waals surface area (Å²) in [7, 11) is 0. The second-order valence-corrected chi connectivity index (χ2v) is 5.67. The van der Waals surface area contributed by atoms with Gasteiger partial charge in [0.25, 0.3) is 5.91 Å². The molecule has 6 heteroatoms. The van der Waals surface area contributed by atoms with E-state index in [4.69, 9.17) is 0 Å². The fraction of sp³-hybridized carbons (Fsp3) is 0.438. The van der Waals surface area contributed by atoms with Gasteiger partial charge in [-0.2, -0.15) is 0 Å². The van der Waals surface area contributed by atoms with Crippen LogP contribution >= 0.6 is 0 Å². The Morgan fingerprint density at radius 3 is 2.77 bits per heavy atom. The number of benzene rings is 1. The van der Waals surface area contributed by atoms with E-state index in [2.05, 4.69) is 15.4 Å². The van der Waals surface area contributed by atoms with E-state index < -0.39 is 6.10 Å². The van der Waals surface area contributed by atoms with Crippen molar-refractivity contribution < 1.29 is 9.90 Å². The lowest BCUT2D eigenvalue weighted by atomic mass is 10.0. The van der Waals surface area contributed by atoms with Gasteiger partial charge < -0.3 is 10.4 Å². The van der Waals surface area contributed by atoms with E-state index in [-0.39, 0.29) is 18.3 Å². The molecule has 1 saturated carbocycles. The fourth-order valence-corrected chi connectivity index (χ4v) is 2.86. The average Bonchev–Trinajstić information content (AvgIpc) is 3.24. The number of para-hydroxylation sites is 1. The van der Waals surface area contributed by atoms with Gasteiger partial charge in [-0.1, -0.05) is 31.0 Å². The number of carbonyl (C=O) groups excluding carboxylic acids is 1. The third kappa shape index (κ3) is 3.33. The molecule has 116 valence electrons.